The van der Waals surface area contributed by atoms with Crippen molar-refractivity contribution < 1.29 is 9.59 Å². The second-order valence-electron chi connectivity index (χ2n) is 4.92. The first-order chi connectivity index (χ1) is 9.54. The van der Waals surface area contributed by atoms with Crippen molar-refractivity contribution in [3.63, 3.8) is 0 Å². The van der Waals surface area contributed by atoms with Crippen LogP contribution in [-0.4, -0.2) is 30.9 Å². The second kappa shape index (κ2) is 8.32. The van der Waals surface area contributed by atoms with Crippen molar-refractivity contribution >= 4 is 11.8 Å². The van der Waals surface area contributed by atoms with Crippen LogP contribution in [-0.2, 0) is 11.2 Å². The molecule has 0 aliphatic heterocycles. The van der Waals surface area contributed by atoms with Crippen LogP contribution < -0.4 is 16.4 Å². The molecule has 0 fully saturated rings. The fourth-order valence-electron chi connectivity index (χ4n) is 1.89. The molecule has 0 saturated heterocycles. The van der Waals surface area contributed by atoms with Gasteiger partial charge in [-0.3, -0.25) is 9.59 Å². The van der Waals surface area contributed by atoms with Crippen LogP contribution in [0, 0.1) is 0 Å². The fraction of sp³-hybridized carbons (Fsp3) is 0.467. The second-order valence-corrected chi connectivity index (χ2v) is 4.92. The van der Waals surface area contributed by atoms with E-state index in [0.717, 1.165) is 5.56 Å². The molecule has 0 spiro atoms. The predicted molar refractivity (Wildman–Crippen MR) is 79.4 cm³/mol. The van der Waals surface area contributed by atoms with Crippen molar-refractivity contribution in [3.8, 4) is 0 Å². The van der Waals surface area contributed by atoms with Gasteiger partial charge >= 0.3 is 0 Å². The van der Waals surface area contributed by atoms with Gasteiger partial charge in [-0.2, -0.15) is 0 Å². The molecule has 0 saturated carbocycles. The highest BCUT2D eigenvalue weighted by molar-refractivity contribution is 5.95. The molecule has 0 aliphatic rings. The smallest absolute Gasteiger partial charge is 0.251 e. The summed E-state index contributed by atoms with van der Waals surface area (Å²) in [5.74, 6) is -0.220. The summed E-state index contributed by atoms with van der Waals surface area (Å²) < 4.78 is 0. The fourth-order valence-corrected chi connectivity index (χ4v) is 1.89. The van der Waals surface area contributed by atoms with Crippen molar-refractivity contribution in [1.82, 2.24) is 10.6 Å². The molecule has 0 radical (unpaired) electrons. The van der Waals surface area contributed by atoms with Crippen LogP contribution in [0.4, 0.5) is 0 Å². The summed E-state index contributed by atoms with van der Waals surface area (Å²) in [5.41, 5.74) is 7.09. The summed E-state index contributed by atoms with van der Waals surface area (Å²) >= 11 is 0. The number of amides is 2. The van der Waals surface area contributed by atoms with Gasteiger partial charge < -0.3 is 16.4 Å². The van der Waals surface area contributed by atoms with E-state index in [1.54, 1.807) is 6.07 Å². The Kier molecular flexibility index (Phi) is 6.73. The topological polar surface area (TPSA) is 84.2 Å². The van der Waals surface area contributed by atoms with E-state index in [1.165, 1.54) is 0 Å². The van der Waals surface area contributed by atoms with Gasteiger partial charge in [-0.1, -0.05) is 18.2 Å². The average Bonchev–Trinajstić information content (AvgIpc) is 2.38. The van der Waals surface area contributed by atoms with Crippen LogP contribution in [0.5, 0.6) is 0 Å². The molecule has 20 heavy (non-hydrogen) atoms. The predicted octanol–water partition coefficient (Wildman–Crippen LogP) is 0.832. The van der Waals surface area contributed by atoms with Crippen LogP contribution in [0.3, 0.4) is 0 Å². The highest BCUT2D eigenvalue weighted by atomic mass is 16.2. The van der Waals surface area contributed by atoms with E-state index < -0.39 is 0 Å². The molecule has 110 valence electrons. The molecule has 4 N–H and O–H groups in total. The third kappa shape index (κ3) is 5.40. The van der Waals surface area contributed by atoms with Gasteiger partial charge in [0.1, 0.15) is 0 Å². The molecule has 0 heterocycles. The van der Waals surface area contributed by atoms with E-state index in [0.29, 0.717) is 25.1 Å². The minimum absolute atomic E-state index is 0.0597. The Labute approximate surface area is 119 Å². The third-order valence-corrected chi connectivity index (χ3v) is 2.76. The Morgan fingerprint density at radius 2 is 1.95 bits per heavy atom. The molecule has 5 heteroatoms. The first kappa shape index (κ1) is 16.2. The highest BCUT2D eigenvalue weighted by Crippen LogP contribution is 2.08. The Morgan fingerprint density at radius 3 is 2.60 bits per heavy atom. The normalized spacial score (nSPS) is 10.4. The van der Waals surface area contributed by atoms with Gasteiger partial charge in [-0.15, -0.1) is 0 Å². The van der Waals surface area contributed by atoms with Crippen LogP contribution >= 0.6 is 0 Å². The number of hydrogen-bond acceptors (Lipinski definition) is 3. The van der Waals surface area contributed by atoms with Crippen LogP contribution in [0.1, 0.15) is 36.2 Å². The molecule has 0 unspecified atom stereocenters. The van der Waals surface area contributed by atoms with Gasteiger partial charge in [0.15, 0.2) is 0 Å². The van der Waals surface area contributed by atoms with Gasteiger partial charge in [0.05, 0.1) is 0 Å². The van der Waals surface area contributed by atoms with E-state index >= 15 is 0 Å². The van der Waals surface area contributed by atoms with Crippen molar-refractivity contribution in [2.75, 3.05) is 13.1 Å². The lowest BCUT2D eigenvalue weighted by Gasteiger charge is -2.10. The Hall–Kier alpha value is -1.88. The largest absolute Gasteiger partial charge is 0.354 e. The lowest BCUT2D eigenvalue weighted by atomic mass is 10.0. The van der Waals surface area contributed by atoms with Gasteiger partial charge in [-0.05, 0) is 38.4 Å². The zero-order valence-electron chi connectivity index (χ0n) is 12.1. The third-order valence-electron chi connectivity index (χ3n) is 2.76. The summed E-state index contributed by atoms with van der Waals surface area (Å²) in [6, 6.07) is 7.49. The van der Waals surface area contributed by atoms with Crippen molar-refractivity contribution in [3.05, 3.63) is 35.4 Å². The summed E-state index contributed by atoms with van der Waals surface area (Å²) in [7, 11) is 0. The van der Waals surface area contributed by atoms with Crippen molar-refractivity contribution in [2.45, 2.75) is 32.7 Å². The number of carbonyl (C=O) groups is 2. The molecule has 0 bridgehead atoms. The number of nitrogens with two attached hydrogens (primary N) is 1. The first-order valence-corrected chi connectivity index (χ1v) is 6.90. The molecule has 1 aromatic carbocycles. The van der Waals surface area contributed by atoms with Gasteiger partial charge in [-0.25, -0.2) is 0 Å². The Bertz CT molecular complexity index is 458. The summed E-state index contributed by atoms with van der Waals surface area (Å²) in [6.45, 7) is 4.63. The zero-order valence-corrected chi connectivity index (χ0v) is 12.1. The quantitative estimate of drug-likeness (QED) is 0.690. The summed E-state index contributed by atoms with van der Waals surface area (Å²) in [5, 5.41) is 5.54. The van der Waals surface area contributed by atoms with E-state index in [4.69, 9.17) is 5.73 Å². The van der Waals surface area contributed by atoms with Crippen molar-refractivity contribution in [2.24, 2.45) is 5.73 Å². The number of rotatable bonds is 7. The van der Waals surface area contributed by atoms with E-state index in [1.807, 2.05) is 32.0 Å². The molecule has 0 atom stereocenters. The maximum Gasteiger partial charge on any atom is 0.251 e. The van der Waals surface area contributed by atoms with Crippen LogP contribution in [0.25, 0.3) is 0 Å². The molecule has 1 rings (SSSR count). The maximum absolute atomic E-state index is 12.1. The zero-order chi connectivity index (χ0) is 15.0. The number of hydrogen-bond donors (Lipinski definition) is 3. The molecule has 1 aromatic rings. The SMILES string of the molecule is CC(C)NC(=O)CCNC(=O)c1ccccc1CCN. The number of benzene rings is 1. The average molecular weight is 277 g/mol. The monoisotopic (exact) mass is 277 g/mol. The standard InChI is InChI=1S/C15H23N3O2/c1-11(2)18-14(19)8-10-17-15(20)13-6-4-3-5-12(13)7-9-16/h3-6,11H,7-10,16H2,1-2H3,(H,17,20)(H,18,19). The summed E-state index contributed by atoms with van der Waals surface area (Å²) in [6.07, 6.45) is 0.945. The maximum atomic E-state index is 12.1. The summed E-state index contributed by atoms with van der Waals surface area (Å²) in [4.78, 5) is 23.5. The van der Waals surface area contributed by atoms with E-state index in [-0.39, 0.29) is 24.3 Å². The molecule has 0 aliphatic carbocycles. The Morgan fingerprint density at radius 1 is 1.25 bits per heavy atom. The minimum atomic E-state index is -0.161. The minimum Gasteiger partial charge on any atom is -0.354 e. The molecule has 5 nitrogen and oxygen atoms in total. The van der Waals surface area contributed by atoms with Crippen molar-refractivity contribution in [1.29, 1.82) is 0 Å². The molecular weight excluding hydrogens is 254 g/mol. The lowest BCUT2D eigenvalue weighted by molar-refractivity contribution is -0.121. The van der Waals surface area contributed by atoms with Gasteiger partial charge in [0.2, 0.25) is 5.91 Å². The Balaban J connectivity index is 2.49. The first-order valence-electron chi connectivity index (χ1n) is 6.90. The number of carbonyl (C=O) groups excluding carboxylic acids is 2. The van der Waals surface area contributed by atoms with E-state index in [2.05, 4.69) is 10.6 Å². The van der Waals surface area contributed by atoms with Crippen LogP contribution in [0.15, 0.2) is 24.3 Å². The van der Waals surface area contributed by atoms with Crippen LogP contribution in [0.2, 0.25) is 0 Å². The van der Waals surface area contributed by atoms with E-state index in [9.17, 15) is 9.59 Å². The number of nitrogens with one attached hydrogen (secondary N) is 2. The van der Waals surface area contributed by atoms with Gasteiger partial charge in [0, 0.05) is 24.6 Å². The molecule has 0 aromatic heterocycles. The van der Waals surface area contributed by atoms with Gasteiger partial charge in [0.25, 0.3) is 5.91 Å². The highest BCUT2D eigenvalue weighted by Gasteiger charge is 2.10. The lowest BCUT2D eigenvalue weighted by Crippen LogP contribution is -2.34. The molecule has 2 amide bonds. The molecular formula is C15H23N3O2.